The summed E-state index contributed by atoms with van der Waals surface area (Å²) in [6.45, 7) is 3.55. The van der Waals surface area contributed by atoms with E-state index in [1.54, 1.807) is 11.3 Å². The largest absolute Gasteiger partial charge is 0.454 e. The van der Waals surface area contributed by atoms with E-state index in [1.165, 1.54) is 0 Å². The number of piperidine rings is 1. The lowest BCUT2D eigenvalue weighted by Crippen LogP contribution is -2.54. The van der Waals surface area contributed by atoms with Crippen molar-refractivity contribution in [1.82, 2.24) is 15.5 Å². The van der Waals surface area contributed by atoms with Gasteiger partial charge in [0.05, 0.1) is 12.6 Å². The molecule has 1 saturated heterocycles. The minimum Gasteiger partial charge on any atom is -0.454 e. The van der Waals surface area contributed by atoms with E-state index >= 15 is 0 Å². The molecule has 2 aliphatic heterocycles. The van der Waals surface area contributed by atoms with Crippen LogP contribution in [0.1, 0.15) is 42.7 Å². The number of amides is 3. The number of thiophene rings is 1. The molecule has 0 bridgehead atoms. The van der Waals surface area contributed by atoms with Gasteiger partial charge in [0.1, 0.15) is 6.04 Å². The van der Waals surface area contributed by atoms with Crippen LogP contribution in [0.5, 0.6) is 11.5 Å². The third-order valence-corrected chi connectivity index (χ3v) is 6.14. The smallest absolute Gasteiger partial charge is 0.315 e. The topological polar surface area (TPSA) is 79.9 Å². The number of carbonyl (C=O) groups excluding carboxylic acids is 2. The highest BCUT2D eigenvalue weighted by Gasteiger charge is 2.30. The van der Waals surface area contributed by atoms with Gasteiger partial charge in [0.15, 0.2) is 11.5 Å². The van der Waals surface area contributed by atoms with Crippen molar-refractivity contribution in [2.75, 3.05) is 13.3 Å². The van der Waals surface area contributed by atoms with Gasteiger partial charge < -0.3 is 25.0 Å². The highest BCUT2D eigenvalue weighted by atomic mass is 32.1. The average molecular weight is 416 g/mol. The molecule has 3 amide bonds. The van der Waals surface area contributed by atoms with E-state index in [-0.39, 0.29) is 24.8 Å². The Hall–Kier alpha value is -2.74. The fourth-order valence-corrected chi connectivity index (χ4v) is 4.45. The van der Waals surface area contributed by atoms with Crippen LogP contribution in [0.25, 0.3) is 0 Å². The summed E-state index contributed by atoms with van der Waals surface area (Å²) in [5.41, 5.74) is 0.946. The Bertz CT molecular complexity index is 871. The summed E-state index contributed by atoms with van der Waals surface area (Å²) in [7, 11) is 0. The highest BCUT2D eigenvalue weighted by molar-refractivity contribution is 7.09. The highest BCUT2D eigenvalue weighted by Crippen LogP contribution is 2.34. The van der Waals surface area contributed by atoms with Crippen LogP contribution in [0.2, 0.25) is 0 Å². The first-order chi connectivity index (χ1) is 14.1. The standard InChI is InChI=1S/C21H25N3O4S/c1-2-16(14-7-8-18-19(11-14)28-13-27-18)22-21(26)23-17-6-3-9-24(20(17)25)12-15-5-4-10-29-15/h4-5,7-8,10-11,16-17H,2-3,6,9,12-13H2,1H3,(H2,22,23,26)/t16-,17?/m0/s1. The third kappa shape index (κ3) is 4.48. The van der Waals surface area contributed by atoms with E-state index in [0.29, 0.717) is 24.5 Å². The fraction of sp³-hybridized carbons (Fsp3) is 0.429. The van der Waals surface area contributed by atoms with Crippen LogP contribution >= 0.6 is 11.3 Å². The fourth-order valence-electron chi connectivity index (χ4n) is 3.73. The van der Waals surface area contributed by atoms with E-state index in [9.17, 15) is 9.59 Å². The number of nitrogens with one attached hydrogen (secondary N) is 2. The monoisotopic (exact) mass is 415 g/mol. The van der Waals surface area contributed by atoms with E-state index in [1.807, 2.05) is 47.5 Å². The summed E-state index contributed by atoms with van der Waals surface area (Å²) in [6.07, 6.45) is 2.26. The molecule has 2 aromatic rings. The predicted molar refractivity (Wildman–Crippen MR) is 110 cm³/mol. The molecule has 0 spiro atoms. The number of rotatable bonds is 6. The zero-order chi connectivity index (χ0) is 20.2. The lowest BCUT2D eigenvalue weighted by Gasteiger charge is -2.32. The Kier molecular flexibility index (Phi) is 5.89. The summed E-state index contributed by atoms with van der Waals surface area (Å²) in [5, 5.41) is 7.87. The van der Waals surface area contributed by atoms with Gasteiger partial charge in [-0.05, 0) is 48.4 Å². The Morgan fingerprint density at radius 3 is 2.97 bits per heavy atom. The zero-order valence-electron chi connectivity index (χ0n) is 16.3. The molecule has 1 aromatic carbocycles. The van der Waals surface area contributed by atoms with Crippen LogP contribution < -0.4 is 20.1 Å². The van der Waals surface area contributed by atoms with Crippen molar-refractivity contribution in [3.63, 3.8) is 0 Å². The van der Waals surface area contributed by atoms with Crippen molar-refractivity contribution in [3.8, 4) is 11.5 Å². The maximum atomic E-state index is 12.8. The van der Waals surface area contributed by atoms with Gasteiger partial charge in [-0.3, -0.25) is 4.79 Å². The van der Waals surface area contributed by atoms with Gasteiger partial charge in [0, 0.05) is 11.4 Å². The second kappa shape index (κ2) is 8.73. The van der Waals surface area contributed by atoms with E-state index in [0.717, 1.165) is 29.8 Å². The maximum Gasteiger partial charge on any atom is 0.315 e. The first kappa shape index (κ1) is 19.6. The first-order valence-corrected chi connectivity index (χ1v) is 10.8. The number of urea groups is 1. The van der Waals surface area contributed by atoms with Crippen LogP contribution in [0.3, 0.4) is 0 Å². The SMILES string of the molecule is CC[C@H](NC(=O)NC1CCCN(Cc2cccs2)C1=O)c1ccc2c(c1)OCO2. The molecule has 1 unspecified atom stereocenters. The van der Waals surface area contributed by atoms with Crippen LogP contribution in [-0.2, 0) is 11.3 Å². The summed E-state index contributed by atoms with van der Waals surface area (Å²) in [6, 6.07) is 8.70. The molecule has 3 heterocycles. The minimum absolute atomic E-state index is 0.0177. The van der Waals surface area contributed by atoms with Gasteiger partial charge >= 0.3 is 6.03 Å². The maximum absolute atomic E-state index is 12.8. The molecule has 1 aromatic heterocycles. The van der Waals surface area contributed by atoms with E-state index < -0.39 is 6.04 Å². The number of carbonyl (C=O) groups is 2. The minimum atomic E-state index is -0.488. The Labute approximate surface area is 174 Å². The molecule has 2 atom stereocenters. The normalized spacial score (nSPS) is 19.1. The molecule has 2 aliphatic rings. The quantitative estimate of drug-likeness (QED) is 0.758. The van der Waals surface area contributed by atoms with Gasteiger partial charge in [0.2, 0.25) is 12.7 Å². The summed E-state index contributed by atoms with van der Waals surface area (Å²) in [5.74, 6) is 1.39. The second-order valence-electron chi connectivity index (χ2n) is 7.23. The molecular weight excluding hydrogens is 390 g/mol. The number of likely N-dealkylation sites (tertiary alicyclic amines) is 1. The van der Waals surface area contributed by atoms with Crippen molar-refractivity contribution in [2.24, 2.45) is 0 Å². The number of benzene rings is 1. The summed E-state index contributed by atoms with van der Waals surface area (Å²) in [4.78, 5) is 28.4. The third-order valence-electron chi connectivity index (χ3n) is 5.28. The van der Waals surface area contributed by atoms with E-state index in [2.05, 4.69) is 10.6 Å². The molecule has 154 valence electrons. The molecule has 7 nitrogen and oxygen atoms in total. The molecule has 4 rings (SSSR count). The molecule has 29 heavy (non-hydrogen) atoms. The first-order valence-electron chi connectivity index (χ1n) is 9.91. The Balaban J connectivity index is 1.36. The predicted octanol–water partition coefficient (Wildman–Crippen LogP) is 3.42. The number of nitrogens with zero attached hydrogens (tertiary/aromatic N) is 1. The Morgan fingerprint density at radius 2 is 2.17 bits per heavy atom. The van der Waals surface area contributed by atoms with Gasteiger partial charge in [-0.1, -0.05) is 19.1 Å². The average Bonchev–Trinajstić information content (AvgIpc) is 3.40. The molecule has 1 fully saturated rings. The number of hydrogen-bond acceptors (Lipinski definition) is 5. The number of ether oxygens (including phenoxy) is 2. The lowest BCUT2D eigenvalue weighted by molar-refractivity contribution is -0.136. The molecule has 0 radical (unpaired) electrons. The van der Waals surface area contributed by atoms with Crippen molar-refractivity contribution < 1.29 is 19.1 Å². The van der Waals surface area contributed by atoms with Crippen LogP contribution in [0.15, 0.2) is 35.7 Å². The van der Waals surface area contributed by atoms with Gasteiger partial charge in [-0.25, -0.2) is 4.79 Å². The van der Waals surface area contributed by atoms with Gasteiger partial charge in [0.25, 0.3) is 0 Å². The summed E-state index contributed by atoms with van der Waals surface area (Å²) >= 11 is 1.64. The summed E-state index contributed by atoms with van der Waals surface area (Å²) < 4.78 is 10.8. The van der Waals surface area contributed by atoms with Gasteiger partial charge in [-0.2, -0.15) is 0 Å². The lowest BCUT2D eigenvalue weighted by atomic mass is 10.0. The molecule has 8 heteroatoms. The van der Waals surface area contributed by atoms with Crippen LogP contribution in [-0.4, -0.2) is 36.2 Å². The van der Waals surface area contributed by atoms with Crippen LogP contribution in [0.4, 0.5) is 4.79 Å². The number of fused-ring (bicyclic) bond motifs is 1. The number of hydrogen-bond donors (Lipinski definition) is 2. The molecule has 0 aliphatic carbocycles. The molecule has 2 N–H and O–H groups in total. The van der Waals surface area contributed by atoms with Crippen molar-refractivity contribution >= 4 is 23.3 Å². The molecule has 0 saturated carbocycles. The molecular formula is C21H25N3O4S. The second-order valence-corrected chi connectivity index (χ2v) is 8.26. The van der Waals surface area contributed by atoms with E-state index in [4.69, 9.17) is 9.47 Å². The van der Waals surface area contributed by atoms with Crippen molar-refractivity contribution in [3.05, 3.63) is 46.2 Å². The Morgan fingerprint density at radius 1 is 1.31 bits per heavy atom. The van der Waals surface area contributed by atoms with Crippen molar-refractivity contribution in [2.45, 2.75) is 44.8 Å². The van der Waals surface area contributed by atoms with Crippen molar-refractivity contribution in [1.29, 1.82) is 0 Å². The van der Waals surface area contributed by atoms with Gasteiger partial charge in [-0.15, -0.1) is 11.3 Å². The zero-order valence-corrected chi connectivity index (χ0v) is 17.2. The van der Waals surface area contributed by atoms with Crippen LogP contribution in [0, 0.1) is 0 Å².